The normalized spacial score (nSPS) is 16.8. The van der Waals surface area contributed by atoms with E-state index in [-0.39, 0.29) is 36.3 Å². The van der Waals surface area contributed by atoms with Crippen molar-refractivity contribution in [2.24, 2.45) is 0 Å². The molecule has 36 heavy (non-hydrogen) atoms. The van der Waals surface area contributed by atoms with Crippen LogP contribution in [0.4, 0.5) is 0 Å². The van der Waals surface area contributed by atoms with Crippen molar-refractivity contribution in [3.05, 3.63) is 77.1 Å². The predicted octanol–water partition coefficient (Wildman–Crippen LogP) is 1.99. The molecule has 10 nitrogen and oxygen atoms in total. The Balaban J connectivity index is 1.46. The van der Waals surface area contributed by atoms with Crippen LogP contribution in [0.3, 0.4) is 0 Å². The highest BCUT2D eigenvalue weighted by Gasteiger charge is 2.46. The van der Waals surface area contributed by atoms with Crippen LogP contribution in [0.1, 0.15) is 39.0 Å². The molecule has 2 heterocycles. The number of likely N-dealkylation sites (N-methyl/N-ethyl adjacent to an activating group) is 1. The summed E-state index contributed by atoms with van der Waals surface area (Å²) in [5.41, 5.74) is 0.942. The predicted molar refractivity (Wildman–Crippen MR) is 132 cm³/mol. The summed E-state index contributed by atoms with van der Waals surface area (Å²) >= 11 is 0. The molecule has 188 valence electrons. The SMILES string of the molecule is COc1ccc(CNC(=O)c2cc3n(n2)C[C@@](C)(C(=O)NCc2ccccc2)N(C)C3=O)cc1OC. The van der Waals surface area contributed by atoms with E-state index in [9.17, 15) is 14.4 Å². The largest absolute Gasteiger partial charge is 0.493 e. The van der Waals surface area contributed by atoms with Gasteiger partial charge in [-0.1, -0.05) is 36.4 Å². The van der Waals surface area contributed by atoms with Gasteiger partial charge in [0.1, 0.15) is 11.2 Å². The Labute approximate surface area is 209 Å². The molecule has 4 rings (SSSR count). The fraction of sp³-hybridized carbons (Fsp3) is 0.308. The lowest BCUT2D eigenvalue weighted by atomic mass is 9.96. The highest BCUT2D eigenvalue weighted by atomic mass is 16.5. The molecule has 3 aromatic rings. The third kappa shape index (κ3) is 4.74. The van der Waals surface area contributed by atoms with Gasteiger partial charge in [0.15, 0.2) is 17.2 Å². The lowest BCUT2D eigenvalue weighted by Crippen LogP contribution is -2.62. The average molecular weight is 492 g/mol. The highest BCUT2D eigenvalue weighted by Crippen LogP contribution is 2.28. The fourth-order valence-corrected chi connectivity index (χ4v) is 4.07. The number of fused-ring (bicyclic) bond motifs is 1. The second kappa shape index (κ2) is 10.1. The molecule has 0 saturated carbocycles. The van der Waals surface area contributed by atoms with Crippen LogP contribution < -0.4 is 20.1 Å². The zero-order valence-corrected chi connectivity index (χ0v) is 20.7. The monoisotopic (exact) mass is 491 g/mol. The number of aromatic nitrogens is 2. The summed E-state index contributed by atoms with van der Waals surface area (Å²) in [6.45, 7) is 2.38. The number of hydrogen-bond donors (Lipinski definition) is 2. The minimum atomic E-state index is -1.17. The van der Waals surface area contributed by atoms with Crippen LogP contribution in [0, 0.1) is 0 Å². The highest BCUT2D eigenvalue weighted by molar-refractivity contribution is 6.01. The maximum Gasteiger partial charge on any atom is 0.272 e. The molecule has 3 amide bonds. The van der Waals surface area contributed by atoms with Gasteiger partial charge in [-0.2, -0.15) is 5.10 Å². The molecule has 0 unspecified atom stereocenters. The van der Waals surface area contributed by atoms with Gasteiger partial charge in [0.05, 0.1) is 20.8 Å². The molecule has 0 bridgehead atoms. The van der Waals surface area contributed by atoms with E-state index < -0.39 is 11.4 Å². The van der Waals surface area contributed by atoms with E-state index in [1.54, 1.807) is 40.3 Å². The second-order valence-corrected chi connectivity index (χ2v) is 8.75. The van der Waals surface area contributed by atoms with Crippen LogP contribution in [0.5, 0.6) is 11.5 Å². The molecular weight excluding hydrogens is 462 g/mol. The number of benzene rings is 2. The van der Waals surface area contributed by atoms with E-state index in [0.717, 1.165) is 11.1 Å². The third-order valence-electron chi connectivity index (χ3n) is 6.42. The van der Waals surface area contributed by atoms with Crippen LogP contribution in [0.2, 0.25) is 0 Å². The lowest BCUT2D eigenvalue weighted by molar-refractivity contribution is -0.132. The van der Waals surface area contributed by atoms with Crippen molar-refractivity contribution in [1.29, 1.82) is 0 Å². The van der Waals surface area contributed by atoms with Crippen LogP contribution in [-0.4, -0.2) is 59.2 Å². The van der Waals surface area contributed by atoms with Crippen molar-refractivity contribution in [3.63, 3.8) is 0 Å². The molecule has 2 aromatic carbocycles. The first kappa shape index (κ1) is 24.8. The maximum atomic E-state index is 13.1. The molecular formula is C26H29N5O5. The van der Waals surface area contributed by atoms with Crippen LogP contribution in [0.25, 0.3) is 0 Å². The van der Waals surface area contributed by atoms with E-state index in [1.807, 2.05) is 36.4 Å². The first-order valence-corrected chi connectivity index (χ1v) is 11.4. The van der Waals surface area contributed by atoms with Crippen molar-refractivity contribution in [1.82, 2.24) is 25.3 Å². The van der Waals surface area contributed by atoms with Crippen molar-refractivity contribution >= 4 is 17.7 Å². The van der Waals surface area contributed by atoms with E-state index in [2.05, 4.69) is 15.7 Å². The van der Waals surface area contributed by atoms with Crippen molar-refractivity contribution in [3.8, 4) is 11.5 Å². The smallest absolute Gasteiger partial charge is 0.272 e. The number of ether oxygens (including phenoxy) is 2. The zero-order chi connectivity index (χ0) is 25.9. The van der Waals surface area contributed by atoms with E-state index in [4.69, 9.17) is 9.47 Å². The molecule has 0 fully saturated rings. The zero-order valence-electron chi connectivity index (χ0n) is 20.7. The Morgan fingerprint density at radius 3 is 2.36 bits per heavy atom. The number of hydrogen-bond acceptors (Lipinski definition) is 6. The second-order valence-electron chi connectivity index (χ2n) is 8.75. The average Bonchev–Trinajstić information content (AvgIpc) is 3.33. The van der Waals surface area contributed by atoms with Crippen molar-refractivity contribution in [2.45, 2.75) is 32.1 Å². The van der Waals surface area contributed by atoms with Gasteiger partial charge < -0.3 is 25.0 Å². The van der Waals surface area contributed by atoms with Gasteiger partial charge in [-0.05, 0) is 30.2 Å². The molecule has 1 atom stereocenters. The summed E-state index contributed by atoms with van der Waals surface area (Å²) in [7, 11) is 4.67. The standard InChI is InChI=1S/C26H29N5O5/c1-26(25(34)28-14-17-8-6-5-7-9-17)16-31-20(24(33)30(26)2)13-19(29-31)23(32)27-15-18-10-11-21(35-3)22(12-18)36-4/h5-13H,14-16H2,1-4H3,(H,27,32)(H,28,34)/t26-/m0/s1. The van der Waals surface area contributed by atoms with Gasteiger partial charge in [0.2, 0.25) is 5.91 Å². The summed E-state index contributed by atoms with van der Waals surface area (Å²) in [6.07, 6.45) is 0. The lowest BCUT2D eigenvalue weighted by Gasteiger charge is -2.40. The first-order chi connectivity index (χ1) is 17.3. The number of carbonyl (C=O) groups is 3. The quantitative estimate of drug-likeness (QED) is 0.498. The van der Waals surface area contributed by atoms with Crippen LogP contribution in [-0.2, 0) is 24.4 Å². The summed E-state index contributed by atoms with van der Waals surface area (Å²) in [4.78, 5) is 40.4. The number of nitrogens with zero attached hydrogens (tertiary/aromatic N) is 3. The van der Waals surface area contributed by atoms with E-state index in [0.29, 0.717) is 18.0 Å². The van der Waals surface area contributed by atoms with Gasteiger partial charge in [-0.3, -0.25) is 19.1 Å². The summed E-state index contributed by atoms with van der Waals surface area (Å²) < 4.78 is 12.0. The Kier molecular flexibility index (Phi) is 6.96. The number of carbonyl (C=O) groups excluding carboxylic acids is 3. The Morgan fingerprint density at radius 1 is 0.972 bits per heavy atom. The van der Waals surface area contributed by atoms with Gasteiger partial charge in [-0.15, -0.1) is 0 Å². The minimum Gasteiger partial charge on any atom is -0.493 e. The first-order valence-electron chi connectivity index (χ1n) is 11.4. The molecule has 2 N–H and O–H groups in total. The number of methoxy groups -OCH3 is 2. The van der Waals surface area contributed by atoms with Crippen molar-refractivity contribution in [2.75, 3.05) is 21.3 Å². The molecule has 1 aliphatic rings. The Bertz CT molecular complexity index is 1290. The maximum absolute atomic E-state index is 13.1. The summed E-state index contributed by atoms with van der Waals surface area (Å²) in [5.74, 6) is 0.0261. The summed E-state index contributed by atoms with van der Waals surface area (Å²) in [5, 5.41) is 10.0. The summed E-state index contributed by atoms with van der Waals surface area (Å²) in [6, 6.07) is 16.3. The Hall–Kier alpha value is -4.34. The van der Waals surface area contributed by atoms with Gasteiger partial charge in [-0.25, -0.2) is 0 Å². The molecule has 0 aliphatic carbocycles. The number of amides is 3. The van der Waals surface area contributed by atoms with Gasteiger partial charge in [0.25, 0.3) is 11.8 Å². The molecule has 0 saturated heterocycles. The van der Waals surface area contributed by atoms with Crippen LogP contribution >= 0.6 is 0 Å². The van der Waals surface area contributed by atoms with E-state index in [1.165, 1.54) is 15.6 Å². The fourth-order valence-electron chi connectivity index (χ4n) is 4.07. The third-order valence-corrected chi connectivity index (χ3v) is 6.42. The molecule has 0 spiro atoms. The Morgan fingerprint density at radius 2 is 1.67 bits per heavy atom. The molecule has 0 radical (unpaired) electrons. The van der Waals surface area contributed by atoms with Gasteiger partial charge in [0, 0.05) is 26.2 Å². The topological polar surface area (TPSA) is 115 Å². The number of rotatable bonds is 8. The molecule has 1 aliphatic heterocycles. The molecule has 1 aromatic heterocycles. The van der Waals surface area contributed by atoms with Crippen molar-refractivity contribution < 1.29 is 23.9 Å². The minimum absolute atomic E-state index is 0.0983. The van der Waals surface area contributed by atoms with Gasteiger partial charge >= 0.3 is 0 Å². The van der Waals surface area contributed by atoms with Crippen LogP contribution in [0.15, 0.2) is 54.6 Å². The number of nitrogens with one attached hydrogen (secondary N) is 2. The van der Waals surface area contributed by atoms with E-state index >= 15 is 0 Å². The molecule has 10 heteroatoms.